The fraction of sp³-hybridized carbons (Fsp3) is 0.667. The second kappa shape index (κ2) is 6.56. The molecule has 0 saturated heterocycles. The quantitative estimate of drug-likeness (QED) is 0.821. The molecule has 116 valence electrons. The van der Waals surface area contributed by atoms with Gasteiger partial charge in [0, 0.05) is 24.7 Å². The highest BCUT2D eigenvalue weighted by molar-refractivity contribution is 7.19. The first-order valence-corrected chi connectivity index (χ1v) is 8.46. The molecule has 0 atom stereocenters. The second-order valence-corrected chi connectivity index (χ2v) is 6.62. The van der Waals surface area contributed by atoms with Gasteiger partial charge in [0.1, 0.15) is 10.7 Å². The molecule has 1 amide bonds. The maximum Gasteiger partial charge on any atom is 0.265 e. The lowest BCUT2D eigenvalue weighted by Crippen LogP contribution is -2.32. The number of nitrogens with zero attached hydrogens (tertiary/aromatic N) is 4. The molecule has 2 aromatic rings. The van der Waals surface area contributed by atoms with E-state index in [1.807, 2.05) is 16.2 Å². The number of hydrogen-bond acceptors (Lipinski definition) is 4. The smallest absolute Gasteiger partial charge is 0.265 e. The van der Waals surface area contributed by atoms with Crippen molar-refractivity contribution in [2.75, 3.05) is 13.1 Å². The minimum Gasteiger partial charge on any atom is -0.338 e. The summed E-state index contributed by atoms with van der Waals surface area (Å²) in [4.78, 5) is 16.3. The summed E-state index contributed by atoms with van der Waals surface area (Å²) in [5, 5.41) is 8.45. The van der Waals surface area contributed by atoms with Gasteiger partial charge in [-0.1, -0.05) is 39.0 Å². The van der Waals surface area contributed by atoms with E-state index in [1.54, 1.807) is 0 Å². The van der Waals surface area contributed by atoms with Crippen molar-refractivity contribution in [2.45, 2.75) is 53.4 Å². The van der Waals surface area contributed by atoms with Crippen LogP contribution in [-0.4, -0.2) is 38.5 Å². The van der Waals surface area contributed by atoms with Gasteiger partial charge in [0.15, 0.2) is 0 Å². The van der Waals surface area contributed by atoms with E-state index in [9.17, 15) is 4.79 Å². The summed E-state index contributed by atoms with van der Waals surface area (Å²) in [6.45, 7) is 12.0. The summed E-state index contributed by atoms with van der Waals surface area (Å²) in [5.41, 5.74) is 0.964. The Balaban J connectivity index is 2.41. The molecule has 0 aromatic carbocycles. The number of fused-ring (bicyclic) bond motifs is 1. The van der Waals surface area contributed by atoms with Crippen LogP contribution in [0.2, 0.25) is 0 Å². The molecule has 0 unspecified atom stereocenters. The summed E-state index contributed by atoms with van der Waals surface area (Å²) >= 11 is 1.45. The van der Waals surface area contributed by atoms with Crippen LogP contribution in [0.4, 0.5) is 0 Å². The molecule has 2 heterocycles. The summed E-state index contributed by atoms with van der Waals surface area (Å²) in [5.74, 6) is 1.34. The van der Waals surface area contributed by atoms with E-state index in [0.717, 1.165) is 47.3 Å². The third-order valence-corrected chi connectivity index (χ3v) is 4.62. The van der Waals surface area contributed by atoms with Crippen molar-refractivity contribution in [3.05, 3.63) is 16.4 Å². The van der Waals surface area contributed by atoms with Crippen LogP contribution in [-0.2, 0) is 0 Å². The number of aryl methyl sites for hydroxylation is 1. The van der Waals surface area contributed by atoms with Gasteiger partial charge in [-0.05, 0) is 19.8 Å². The Morgan fingerprint density at radius 1 is 1.24 bits per heavy atom. The molecule has 0 aliphatic rings. The Labute approximate surface area is 130 Å². The molecule has 0 bridgehead atoms. The van der Waals surface area contributed by atoms with E-state index in [2.05, 4.69) is 37.9 Å². The van der Waals surface area contributed by atoms with Crippen LogP contribution in [0, 0.1) is 6.92 Å². The van der Waals surface area contributed by atoms with Gasteiger partial charge in [-0.2, -0.15) is 0 Å². The van der Waals surface area contributed by atoms with Gasteiger partial charge < -0.3 is 4.90 Å². The predicted octanol–water partition coefficient (Wildman–Crippen LogP) is 3.48. The first kappa shape index (κ1) is 15.9. The molecule has 0 radical (unpaired) electrons. The molecular weight excluding hydrogens is 284 g/mol. The Bertz CT molecular complexity index is 623. The summed E-state index contributed by atoms with van der Waals surface area (Å²) in [7, 11) is 0. The number of hydrogen-bond donors (Lipinski definition) is 0. The first-order valence-electron chi connectivity index (χ1n) is 7.64. The van der Waals surface area contributed by atoms with Gasteiger partial charge in [-0.15, -0.1) is 10.2 Å². The summed E-state index contributed by atoms with van der Waals surface area (Å²) < 4.78 is 2.03. The van der Waals surface area contributed by atoms with Crippen LogP contribution in [0.15, 0.2) is 0 Å². The van der Waals surface area contributed by atoms with E-state index in [0.29, 0.717) is 5.92 Å². The number of rotatable bonds is 6. The maximum atomic E-state index is 12.8. The van der Waals surface area contributed by atoms with Crippen molar-refractivity contribution in [2.24, 2.45) is 0 Å². The molecule has 6 heteroatoms. The molecule has 5 nitrogen and oxygen atoms in total. The number of carbonyl (C=O) groups excluding carboxylic acids is 1. The molecule has 21 heavy (non-hydrogen) atoms. The second-order valence-electron chi connectivity index (χ2n) is 5.64. The van der Waals surface area contributed by atoms with Gasteiger partial charge in [0.2, 0.25) is 4.96 Å². The normalized spacial score (nSPS) is 11.5. The molecule has 0 aliphatic heterocycles. The van der Waals surface area contributed by atoms with Crippen molar-refractivity contribution >= 4 is 22.2 Å². The van der Waals surface area contributed by atoms with E-state index in [1.165, 1.54) is 11.3 Å². The van der Waals surface area contributed by atoms with E-state index < -0.39 is 0 Å². The van der Waals surface area contributed by atoms with E-state index in [4.69, 9.17) is 0 Å². The standard InChI is InChI=1S/C15H24N4OS/c1-6-8-18(9-7-2)14(20)12-11(5)19-13(10(3)4)16-17-15(19)21-12/h10H,6-9H2,1-5H3. The summed E-state index contributed by atoms with van der Waals surface area (Å²) in [6, 6.07) is 0. The number of amides is 1. The van der Waals surface area contributed by atoms with Crippen molar-refractivity contribution in [3.8, 4) is 0 Å². The van der Waals surface area contributed by atoms with Crippen molar-refractivity contribution in [3.63, 3.8) is 0 Å². The first-order chi connectivity index (χ1) is 10.0. The third kappa shape index (κ3) is 2.95. The number of carbonyl (C=O) groups is 1. The molecule has 2 rings (SSSR count). The zero-order valence-electron chi connectivity index (χ0n) is 13.5. The maximum absolute atomic E-state index is 12.8. The molecule has 0 spiro atoms. The highest BCUT2D eigenvalue weighted by Gasteiger charge is 2.23. The van der Waals surface area contributed by atoms with Crippen molar-refractivity contribution in [1.82, 2.24) is 19.5 Å². The number of aromatic nitrogens is 3. The number of thiazole rings is 1. The third-order valence-electron chi connectivity index (χ3n) is 3.50. The monoisotopic (exact) mass is 308 g/mol. The van der Waals surface area contributed by atoms with Crippen LogP contribution in [0.1, 0.15) is 67.6 Å². The zero-order valence-corrected chi connectivity index (χ0v) is 14.3. The SMILES string of the molecule is CCCN(CCC)C(=O)c1sc2nnc(C(C)C)n2c1C. The van der Waals surface area contributed by atoms with Crippen LogP contribution in [0.3, 0.4) is 0 Å². The Hall–Kier alpha value is -1.43. The van der Waals surface area contributed by atoms with Crippen molar-refractivity contribution in [1.29, 1.82) is 0 Å². The fourth-order valence-electron chi connectivity index (χ4n) is 2.50. The molecule has 0 fully saturated rings. The molecule has 2 aromatic heterocycles. The summed E-state index contributed by atoms with van der Waals surface area (Å²) in [6.07, 6.45) is 1.96. The van der Waals surface area contributed by atoms with Crippen LogP contribution in [0.5, 0.6) is 0 Å². The van der Waals surface area contributed by atoms with Gasteiger partial charge in [-0.3, -0.25) is 9.20 Å². The van der Waals surface area contributed by atoms with Crippen molar-refractivity contribution < 1.29 is 4.79 Å². The van der Waals surface area contributed by atoms with Gasteiger partial charge in [0.05, 0.1) is 0 Å². The van der Waals surface area contributed by atoms with Crippen LogP contribution in [0.25, 0.3) is 4.96 Å². The topological polar surface area (TPSA) is 50.5 Å². The fourth-order valence-corrected chi connectivity index (χ4v) is 3.54. The average molecular weight is 308 g/mol. The Morgan fingerprint density at radius 2 is 1.86 bits per heavy atom. The molecular formula is C15H24N4OS. The van der Waals surface area contributed by atoms with Crippen LogP contribution < -0.4 is 0 Å². The highest BCUT2D eigenvalue weighted by atomic mass is 32.1. The lowest BCUT2D eigenvalue weighted by atomic mass is 10.2. The van der Waals surface area contributed by atoms with E-state index >= 15 is 0 Å². The largest absolute Gasteiger partial charge is 0.338 e. The van der Waals surface area contributed by atoms with Gasteiger partial charge in [0.25, 0.3) is 5.91 Å². The molecule has 0 N–H and O–H groups in total. The van der Waals surface area contributed by atoms with Gasteiger partial charge >= 0.3 is 0 Å². The van der Waals surface area contributed by atoms with E-state index in [-0.39, 0.29) is 5.91 Å². The average Bonchev–Trinajstić information content (AvgIpc) is 2.99. The zero-order chi connectivity index (χ0) is 15.6. The molecule has 0 aliphatic carbocycles. The highest BCUT2D eigenvalue weighted by Crippen LogP contribution is 2.26. The predicted molar refractivity (Wildman–Crippen MR) is 86.2 cm³/mol. The van der Waals surface area contributed by atoms with Gasteiger partial charge in [-0.25, -0.2) is 0 Å². The lowest BCUT2D eigenvalue weighted by molar-refractivity contribution is 0.0759. The van der Waals surface area contributed by atoms with Crippen LogP contribution >= 0.6 is 11.3 Å². The molecule has 0 saturated carbocycles. The minimum absolute atomic E-state index is 0.126. The lowest BCUT2D eigenvalue weighted by Gasteiger charge is -2.20. The Morgan fingerprint density at radius 3 is 2.38 bits per heavy atom. The Kier molecular flexibility index (Phi) is 4.98. The minimum atomic E-state index is 0.126.